The van der Waals surface area contributed by atoms with Gasteiger partial charge in [-0.1, -0.05) is 6.07 Å². The molecule has 2 rings (SSSR count). The molecule has 0 aromatic carbocycles. The van der Waals surface area contributed by atoms with Crippen molar-refractivity contribution in [2.75, 3.05) is 26.3 Å². The van der Waals surface area contributed by atoms with Gasteiger partial charge in [-0.25, -0.2) is 9.37 Å². The smallest absolute Gasteiger partial charge is 0.213 e. The van der Waals surface area contributed by atoms with Crippen LogP contribution in [0.3, 0.4) is 0 Å². The first-order valence-corrected chi connectivity index (χ1v) is 5.24. The molecule has 82 valence electrons. The summed E-state index contributed by atoms with van der Waals surface area (Å²) in [5.41, 5.74) is 0. The van der Waals surface area contributed by atoms with E-state index in [1.54, 1.807) is 6.20 Å². The number of hydrogen-bond acceptors (Lipinski definition) is 3. The van der Waals surface area contributed by atoms with E-state index in [1.165, 1.54) is 0 Å². The molecule has 0 N–H and O–H groups in total. The van der Waals surface area contributed by atoms with Crippen molar-refractivity contribution in [1.29, 1.82) is 0 Å². The third-order valence-electron chi connectivity index (χ3n) is 2.56. The Balaban J connectivity index is 1.82. The molecule has 1 aromatic heterocycles. The van der Waals surface area contributed by atoms with Gasteiger partial charge in [-0.2, -0.15) is 0 Å². The van der Waals surface area contributed by atoms with Crippen LogP contribution < -0.4 is 4.74 Å². The van der Waals surface area contributed by atoms with E-state index in [9.17, 15) is 4.39 Å². The first-order valence-electron chi connectivity index (χ1n) is 5.24. The van der Waals surface area contributed by atoms with Crippen molar-refractivity contribution >= 4 is 0 Å². The van der Waals surface area contributed by atoms with Crippen molar-refractivity contribution in [3.8, 4) is 5.88 Å². The Morgan fingerprint density at radius 2 is 2.47 bits per heavy atom. The van der Waals surface area contributed by atoms with Crippen molar-refractivity contribution in [1.82, 2.24) is 9.88 Å². The summed E-state index contributed by atoms with van der Waals surface area (Å²) in [4.78, 5) is 6.18. The monoisotopic (exact) mass is 210 g/mol. The number of nitrogens with zero attached hydrogens (tertiary/aromatic N) is 2. The van der Waals surface area contributed by atoms with E-state index in [0.717, 1.165) is 19.5 Å². The molecular weight excluding hydrogens is 195 g/mol. The number of ether oxygens (including phenoxy) is 1. The summed E-state index contributed by atoms with van der Waals surface area (Å²) in [7, 11) is 0. The number of hydrogen-bond donors (Lipinski definition) is 0. The summed E-state index contributed by atoms with van der Waals surface area (Å²) in [5.74, 6) is 0.657. The minimum Gasteiger partial charge on any atom is -0.473 e. The topological polar surface area (TPSA) is 25.4 Å². The quantitative estimate of drug-likeness (QED) is 0.753. The molecule has 0 amide bonds. The van der Waals surface area contributed by atoms with Crippen molar-refractivity contribution < 1.29 is 9.13 Å². The molecule has 3 nitrogen and oxygen atoms in total. The first-order chi connectivity index (χ1) is 7.38. The van der Waals surface area contributed by atoms with Gasteiger partial charge in [0.05, 0.1) is 0 Å². The molecule has 1 aliphatic heterocycles. The van der Waals surface area contributed by atoms with Gasteiger partial charge in [-0.05, 0) is 12.5 Å². The van der Waals surface area contributed by atoms with Crippen LogP contribution in [0.1, 0.15) is 6.42 Å². The Morgan fingerprint density at radius 1 is 1.53 bits per heavy atom. The van der Waals surface area contributed by atoms with Crippen molar-refractivity contribution in [3.63, 3.8) is 0 Å². The zero-order chi connectivity index (χ0) is 10.5. The first kappa shape index (κ1) is 10.4. The predicted octanol–water partition coefficient (Wildman–Crippen LogP) is 1.50. The standard InChI is InChI=1S/C11H15FN2O/c12-5-8-14-7-4-10(9-14)15-11-3-1-2-6-13-11/h1-3,6,10H,4-5,7-9H2. The molecule has 1 saturated heterocycles. The molecule has 1 aromatic rings. The van der Waals surface area contributed by atoms with Crippen molar-refractivity contribution in [2.45, 2.75) is 12.5 Å². The second-order valence-electron chi connectivity index (χ2n) is 3.69. The van der Waals surface area contributed by atoms with E-state index in [-0.39, 0.29) is 12.8 Å². The Hall–Kier alpha value is -1.16. The van der Waals surface area contributed by atoms with Crippen LogP contribution in [-0.2, 0) is 0 Å². The molecule has 0 aliphatic carbocycles. The number of likely N-dealkylation sites (tertiary alicyclic amines) is 1. The molecule has 0 bridgehead atoms. The second-order valence-corrected chi connectivity index (χ2v) is 3.69. The number of aromatic nitrogens is 1. The van der Waals surface area contributed by atoms with Gasteiger partial charge < -0.3 is 4.74 Å². The lowest BCUT2D eigenvalue weighted by molar-refractivity contribution is 0.189. The number of alkyl halides is 1. The zero-order valence-electron chi connectivity index (χ0n) is 8.60. The normalized spacial score (nSPS) is 21.8. The lowest BCUT2D eigenvalue weighted by atomic mass is 10.3. The van der Waals surface area contributed by atoms with E-state index in [1.807, 2.05) is 18.2 Å². The molecule has 1 fully saturated rings. The highest BCUT2D eigenvalue weighted by atomic mass is 19.1. The largest absolute Gasteiger partial charge is 0.473 e. The molecule has 1 unspecified atom stereocenters. The molecule has 1 aliphatic rings. The summed E-state index contributed by atoms with van der Waals surface area (Å²) in [5, 5.41) is 0. The Morgan fingerprint density at radius 3 is 3.20 bits per heavy atom. The summed E-state index contributed by atoms with van der Waals surface area (Å²) in [6.07, 6.45) is 2.83. The Bertz CT molecular complexity index is 294. The highest BCUT2D eigenvalue weighted by Gasteiger charge is 2.23. The molecule has 15 heavy (non-hydrogen) atoms. The Labute approximate surface area is 88.9 Å². The third-order valence-corrected chi connectivity index (χ3v) is 2.56. The zero-order valence-corrected chi connectivity index (χ0v) is 8.60. The highest BCUT2D eigenvalue weighted by Crippen LogP contribution is 2.15. The molecule has 1 atom stereocenters. The molecular formula is C11H15FN2O. The predicted molar refractivity (Wildman–Crippen MR) is 55.7 cm³/mol. The van der Waals surface area contributed by atoms with Gasteiger partial charge in [0.25, 0.3) is 0 Å². The van der Waals surface area contributed by atoms with Crippen LogP contribution in [0.25, 0.3) is 0 Å². The number of pyridine rings is 1. The SMILES string of the molecule is FCCN1CCC(Oc2ccccn2)C1. The van der Waals surface area contributed by atoms with E-state index >= 15 is 0 Å². The van der Waals surface area contributed by atoms with Crippen LogP contribution in [0.2, 0.25) is 0 Å². The van der Waals surface area contributed by atoms with Gasteiger partial charge in [0.1, 0.15) is 12.8 Å². The van der Waals surface area contributed by atoms with Gasteiger partial charge >= 0.3 is 0 Å². The van der Waals surface area contributed by atoms with Gasteiger partial charge in [0.2, 0.25) is 5.88 Å². The molecule has 0 radical (unpaired) electrons. The minimum atomic E-state index is -0.281. The fourth-order valence-electron chi connectivity index (χ4n) is 1.80. The summed E-state index contributed by atoms with van der Waals surface area (Å²) < 4.78 is 17.8. The third kappa shape index (κ3) is 2.89. The van der Waals surface area contributed by atoms with E-state index < -0.39 is 0 Å². The molecule has 2 heterocycles. The van der Waals surface area contributed by atoms with Crippen LogP contribution in [0, 0.1) is 0 Å². The fraction of sp³-hybridized carbons (Fsp3) is 0.545. The average Bonchev–Trinajstić information content (AvgIpc) is 2.68. The maximum absolute atomic E-state index is 12.1. The van der Waals surface area contributed by atoms with Crippen molar-refractivity contribution in [2.24, 2.45) is 0 Å². The van der Waals surface area contributed by atoms with Gasteiger partial charge in [-0.3, -0.25) is 4.90 Å². The molecule has 4 heteroatoms. The molecule has 0 spiro atoms. The summed E-state index contributed by atoms with van der Waals surface area (Å²) in [6.45, 7) is 1.96. The van der Waals surface area contributed by atoms with Gasteiger partial charge in [-0.15, -0.1) is 0 Å². The van der Waals surface area contributed by atoms with Crippen LogP contribution >= 0.6 is 0 Å². The molecule has 0 saturated carbocycles. The summed E-state index contributed by atoms with van der Waals surface area (Å²) >= 11 is 0. The fourth-order valence-corrected chi connectivity index (χ4v) is 1.80. The van der Waals surface area contributed by atoms with E-state index in [0.29, 0.717) is 12.4 Å². The lowest BCUT2D eigenvalue weighted by Crippen LogP contribution is -2.26. The van der Waals surface area contributed by atoms with Gasteiger partial charge in [0.15, 0.2) is 0 Å². The van der Waals surface area contributed by atoms with Crippen LogP contribution in [0.15, 0.2) is 24.4 Å². The van der Waals surface area contributed by atoms with Crippen LogP contribution in [-0.4, -0.2) is 42.3 Å². The van der Waals surface area contributed by atoms with E-state index in [2.05, 4.69) is 9.88 Å². The maximum atomic E-state index is 12.1. The van der Waals surface area contributed by atoms with E-state index in [4.69, 9.17) is 4.74 Å². The number of halogens is 1. The van der Waals surface area contributed by atoms with Crippen molar-refractivity contribution in [3.05, 3.63) is 24.4 Å². The van der Waals surface area contributed by atoms with Crippen LogP contribution in [0.4, 0.5) is 4.39 Å². The van der Waals surface area contributed by atoms with Crippen LogP contribution in [0.5, 0.6) is 5.88 Å². The average molecular weight is 210 g/mol. The van der Waals surface area contributed by atoms with Gasteiger partial charge in [0, 0.05) is 31.9 Å². The highest BCUT2D eigenvalue weighted by molar-refractivity contribution is 5.10. The second kappa shape index (κ2) is 5.07. The minimum absolute atomic E-state index is 0.159. The Kier molecular flexibility index (Phi) is 3.50. The number of rotatable bonds is 4. The lowest BCUT2D eigenvalue weighted by Gasteiger charge is -2.14. The summed E-state index contributed by atoms with van der Waals surface area (Å²) in [6, 6.07) is 5.60. The maximum Gasteiger partial charge on any atom is 0.213 e.